The molecule has 144 valence electrons. The summed E-state index contributed by atoms with van der Waals surface area (Å²) in [5.41, 5.74) is 0.968. The van der Waals surface area contributed by atoms with Crippen molar-refractivity contribution in [3.63, 3.8) is 0 Å². The minimum absolute atomic E-state index is 0.0774. The van der Waals surface area contributed by atoms with E-state index in [1.807, 2.05) is 0 Å². The molecule has 1 atom stereocenters. The quantitative estimate of drug-likeness (QED) is 0.750. The number of nitrogens with zero attached hydrogens (tertiary/aromatic N) is 1. The number of ether oxygens (including phenoxy) is 4. The number of likely N-dealkylation sites (N-methyl/N-ethyl adjacent to an activating group) is 1. The molecular weight excluding hydrogens is 342 g/mol. The normalized spacial score (nSPS) is 16.7. The van der Waals surface area contributed by atoms with E-state index in [0.29, 0.717) is 43.5 Å². The predicted octanol–water partition coefficient (Wildman–Crippen LogP) is 1.16. The highest BCUT2D eigenvalue weighted by molar-refractivity contribution is 5.95. The molecule has 2 rings (SSSR count). The first-order chi connectivity index (χ1) is 12.5. The Hall–Kier alpha value is -2.36. The summed E-state index contributed by atoms with van der Waals surface area (Å²) in [7, 11) is 4.61. The largest absolute Gasteiger partial charge is 0.495 e. The zero-order chi connectivity index (χ0) is 18.9. The summed E-state index contributed by atoms with van der Waals surface area (Å²) in [6, 6.07) is 4.68. The zero-order valence-electron chi connectivity index (χ0n) is 15.2. The van der Waals surface area contributed by atoms with Crippen LogP contribution in [-0.4, -0.2) is 77.2 Å². The minimum atomic E-state index is -0.319. The van der Waals surface area contributed by atoms with Crippen molar-refractivity contribution < 1.29 is 28.5 Å². The van der Waals surface area contributed by atoms with Gasteiger partial charge in [0.15, 0.2) is 0 Å². The number of hydrogen-bond donors (Lipinski definition) is 2. The van der Waals surface area contributed by atoms with E-state index in [4.69, 9.17) is 18.9 Å². The Kier molecular flexibility index (Phi) is 7.64. The van der Waals surface area contributed by atoms with Crippen molar-refractivity contribution in [2.45, 2.75) is 6.10 Å². The van der Waals surface area contributed by atoms with E-state index < -0.39 is 0 Å². The van der Waals surface area contributed by atoms with E-state index in [9.17, 15) is 9.59 Å². The fraction of sp³-hybridized carbons (Fsp3) is 0.529. The minimum Gasteiger partial charge on any atom is -0.495 e. The van der Waals surface area contributed by atoms with E-state index >= 15 is 0 Å². The molecule has 0 unspecified atom stereocenters. The van der Waals surface area contributed by atoms with Crippen molar-refractivity contribution in [3.05, 3.63) is 18.2 Å². The van der Waals surface area contributed by atoms with Crippen LogP contribution < -0.4 is 15.4 Å². The van der Waals surface area contributed by atoms with Crippen LogP contribution in [0.3, 0.4) is 0 Å². The summed E-state index contributed by atoms with van der Waals surface area (Å²) >= 11 is 0. The molecule has 3 amide bonds. The lowest BCUT2D eigenvalue weighted by Gasteiger charge is -2.27. The van der Waals surface area contributed by atoms with Crippen molar-refractivity contribution >= 4 is 23.3 Å². The average Bonchev–Trinajstić information content (AvgIpc) is 2.63. The molecule has 0 bridgehead atoms. The second kappa shape index (κ2) is 9.95. The van der Waals surface area contributed by atoms with Crippen LogP contribution in [0.4, 0.5) is 16.2 Å². The van der Waals surface area contributed by atoms with Gasteiger partial charge in [0, 0.05) is 19.8 Å². The molecule has 1 fully saturated rings. The number of methoxy groups -OCH3 is 2. The molecule has 2 N–H and O–H groups in total. The van der Waals surface area contributed by atoms with E-state index in [2.05, 4.69) is 10.6 Å². The van der Waals surface area contributed by atoms with E-state index in [1.165, 1.54) is 19.1 Å². The number of urea groups is 1. The van der Waals surface area contributed by atoms with Gasteiger partial charge in [0.2, 0.25) is 5.91 Å². The highest BCUT2D eigenvalue weighted by Crippen LogP contribution is 2.28. The topological polar surface area (TPSA) is 98.4 Å². The number of carbonyl (C=O) groups is 2. The zero-order valence-corrected chi connectivity index (χ0v) is 15.2. The SMILES string of the molecule is COCC(=O)Nc1cc(NC(=O)N(C)C[C@H]2COCCO2)ccc1OC. The number of benzene rings is 1. The van der Waals surface area contributed by atoms with Gasteiger partial charge in [-0.2, -0.15) is 0 Å². The molecule has 1 heterocycles. The van der Waals surface area contributed by atoms with Crippen LogP contribution in [0, 0.1) is 0 Å². The highest BCUT2D eigenvalue weighted by atomic mass is 16.6. The molecule has 9 heteroatoms. The fourth-order valence-electron chi connectivity index (χ4n) is 2.45. The van der Waals surface area contributed by atoms with Crippen LogP contribution in [0.15, 0.2) is 18.2 Å². The van der Waals surface area contributed by atoms with E-state index in [0.717, 1.165) is 0 Å². The maximum absolute atomic E-state index is 12.4. The summed E-state index contributed by atoms with van der Waals surface area (Å²) in [6.45, 7) is 1.92. The van der Waals surface area contributed by atoms with Crippen LogP contribution in [-0.2, 0) is 19.0 Å². The molecule has 1 aromatic rings. The Bertz CT molecular complexity index is 619. The molecule has 1 aromatic carbocycles. The van der Waals surface area contributed by atoms with Gasteiger partial charge in [-0.3, -0.25) is 4.79 Å². The number of carbonyl (C=O) groups excluding carboxylic acids is 2. The van der Waals surface area contributed by atoms with Gasteiger partial charge in [0.05, 0.1) is 45.3 Å². The molecule has 1 saturated heterocycles. The Morgan fingerprint density at radius 2 is 2.08 bits per heavy atom. The van der Waals surface area contributed by atoms with E-state index in [1.54, 1.807) is 25.2 Å². The lowest BCUT2D eigenvalue weighted by Crippen LogP contribution is -2.42. The smallest absolute Gasteiger partial charge is 0.321 e. The molecule has 0 saturated carbocycles. The van der Waals surface area contributed by atoms with Gasteiger partial charge >= 0.3 is 6.03 Å². The summed E-state index contributed by atoms with van der Waals surface area (Å²) in [4.78, 5) is 25.6. The first kappa shape index (κ1) is 20.0. The molecule has 0 radical (unpaired) electrons. The van der Waals surface area contributed by atoms with Gasteiger partial charge in [-0.25, -0.2) is 4.79 Å². The molecule has 9 nitrogen and oxygen atoms in total. The van der Waals surface area contributed by atoms with Crippen molar-refractivity contribution in [1.29, 1.82) is 0 Å². The maximum Gasteiger partial charge on any atom is 0.321 e. The third-order valence-electron chi connectivity index (χ3n) is 3.71. The Morgan fingerprint density at radius 1 is 1.27 bits per heavy atom. The van der Waals surface area contributed by atoms with Gasteiger partial charge in [-0.15, -0.1) is 0 Å². The predicted molar refractivity (Wildman–Crippen MR) is 95.7 cm³/mol. The van der Waals surface area contributed by atoms with Gasteiger partial charge in [0.1, 0.15) is 12.4 Å². The molecule has 0 aromatic heterocycles. The number of anilines is 2. The number of rotatable bonds is 7. The summed E-state index contributed by atoms with van der Waals surface area (Å²) in [6.07, 6.45) is -0.140. The summed E-state index contributed by atoms with van der Waals surface area (Å²) < 4.78 is 20.9. The highest BCUT2D eigenvalue weighted by Gasteiger charge is 2.19. The average molecular weight is 367 g/mol. The number of hydrogen-bond acceptors (Lipinski definition) is 6. The van der Waals surface area contributed by atoms with Crippen molar-refractivity contribution in [2.24, 2.45) is 0 Å². The van der Waals surface area contributed by atoms with Crippen LogP contribution in [0.2, 0.25) is 0 Å². The summed E-state index contributed by atoms with van der Waals surface area (Å²) in [5, 5.41) is 5.46. The van der Waals surface area contributed by atoms with Crippen molar-refractivity contribution in [3.8, 4) is 5.75 Å². The van der Waals surface area contributed by atoms with Crippen LogP contribution in [0.1, 0.15) is 0 Å². The second-order valence-electron chi connectivity index (χ2n) is 5.77. The van der Waals surface area contributed by atoms with Crippen LogP contribution in [0.5, 0.6) is 5.75 Å². The first-order valence-corrected chi connectivity index (χ1v) is 8.21. The van der Waals surface area contributed by atoms with Gasteiger partial charge in [-0.05, 0) is 18.2 Å². The fourth-order valence-corrected chi connectivity index (χ4v) is 2.45. The van der Waals surface area contributed by atoms with Gasteiger partial charge < -0.3 is 34.5 Å². The number of nitrogens with one attached hydrogen (secondary N) is 2. The lowest BCUT2D eigenvalue weighted by atomic mass is 10.2. The standard InChI is InChI=1S/C17H25N3O6/c1-20(9-13-10-25-6-7-26-13)17(22)18-12-4-5-15(24-3)14(8-12)19-16(21)11-23-2/h4-5,8,13H,6-7,9-11H2,1-3H3,(H,18,22)(H,19,21)/t13-/m0/s1. The summed E-state index contributed by atoms with van der Waals surface area (Å²) in [5.74, 6) is 0.161. The Morgan fingerprint density at radius 3 is 2.73 bits per heavy atom. The van der Waals surface area contributed by atoms with E-state index in [-0.39, 0.29) is 24.6 Å². The Labute approximate surface area is 152 Å². The monoisotopic (exact) mass is 367 g/mol. The van der Waals surface area contributed by atoms with Crippen molar-refractivity contribution in [2.75, 3.05) is 64.9 Å². The second-order valence-corrected chi connectivity index (χ2v) is 5.77. The lowest BCUT2D eigenvalue weighted by molar-refractivity contribution is -0.119. The third-order valence-corrected chi connectivity index (χ3v) is 3.71. The Balaban J connectivity index is 1.98. The molecule has 26 heavy (non-hydrogen) atoms. The van der Waals surface area contributed by atoms with Gasteiger partial charge in [0.25, 0.3) is 0 Å². The molecule has 0 aliphatic carbocycles. The van der Waals surface area contributed by atoms with Crippen LogP contribution >= 0.6 is 0 Å². The van der Waals surface area contributed by atoms with Crippen LogP contribution in [0.25, 0.3) is 0 Å². The van der Waals surface area contributed by atoms with Gasteiger partial charge in [-0.1, -0.05) is 0 Å². The molecular formula is C17H25N3O6. The van der Waals surface area contributed by atoms with Crippen molar-refractivity contribution in [1.82, 2.24) is 4.90 Å². The molecule has 1 aliphatic heterocycles. The number of amides is 3. The molecule has 1 aliphatic rings. The third kappa shape index (κ3) is 5.87. The maximum atomic E-state index is 12.4. The first-order valence-electron chi connectivity index (χ1n) is 8.21. The molecule has 0 spiro atoms.